The molecule has 0 bridgehead atoms. The maximum absolute atomic E-state index is 11.4. The van der Waals surface area contributed by atoms with Crippen molar-refractivity contribution < 1.29 is 4.74 Å². The number of nitrogen functional groups attached to an aromatic ring is 1. The fourth-order valence-electron chi connectivity index (χ4n) is 1.77. The first kappa shape index (κ1) is 12.2. The lowest BCUT2D eigenvalue weighted by atomic mass is 10.2. The Bertz CT molecular complexity index is 647. The van der Waals surface area contributed by atoms with Crippen LogP contribution >= 0.6 is 0 Å². The summed E-state index contributed by atoms with van der Waals surface area (Å²) < 4.78 is 6.91. The van der Waals surface area contributed by atoms with E-state index in [1.54, 1.807) is 18.7 Å². The van der Waals surface area contributed by atoms with Crippen molar-refractivity contribution in [3.05, 3.63) is 45.7 Å². The summed E-state index contributed by atoms with van der Waals surface area (Å²) in [5.74, 6) is 0.656. The third-order valence-electron chi connectivity index (χ3n) is 2.70. The molecular formula is C13H15N3O2. The summed E-state index contributed by atoms with van der Waals surface area (Å²) in [5, 5.41) is 4.09. The summed E-state index contributed by atoms with van der Waals surface area (Å²) >= 11 is 0. The largest absolute Gasteiger partial charge is 0.494 e. The minimum atomic E-state index is -0.268. The predicted molar refractivity (Wildman–Crippen MR) is 70.3 cm³/mol. The van der Waals surface area contributed by atoms with Crippen LogP contribution in [0.15, 0.2) is 29.1 Å². The monoisotopic (exact) mass is 245 g/mol. The highest BCUT2D eigenvalue weighted by molar-refractivity contribution is 5.49. The van der Waals surface area contributed by atoms with E-state index in [2.05, 4.69) is 5.10 Å². The fourth-order valence-corrected chi connectivity index (χ4v) is 1.77. The number of nitrogens with two attached hydrogens (primary N) is 1. The zero-order valence-corrected chi connectivity index (χ0v) is 10.6. The number of hydrogen-bond donors (Lipinski definition) is 1. The van der Waals surface area contributed by atoms with Gasteiger partial charge in [0, 0.05) is 11.8 Å². The van der Waals surface area contributed by atoms with Gasteiger partial charge >= 0.3 is 0 Å². The van der Waals surface area contributed by atoms with E-state index in [1.807, 2.05) is 25.1 Å². The molecule has 5 nitrogen and oxygen atoms in total. The Morgan fingerprint density at radius 3 is 2.67 bits per heavy atom. The van der Waals surface area contributed by atoms with Crippen LogP contribution in [-0.2, 0) is 0 Å². The average molecular weight is 245 g/mol. The van der Waals surface area contributed by atoms with Crippen LogP contribution in [0, 0.1) is 13.8 Å². The predicted octanol–water partition coefficient (Wildman–Crippen LogP) is 1.44. The first-order chi connectivity index (χ1) is 8.52. The van der Waals surface area contributed by atoms with Gasteiger partial charge in [-0.2, -0.15) is 0 Å². The van der Waals surface area contributed by atoms with Crippen LogP contribution in [0.2, 0.25) is 0 Å². The summed E-state index contributed by atoms with van der Waals surface area (Å²) in [5.41, 5.74) is 7.85. The van der Waals surface area contributed by atoms with Crippen molar-refractivity contribution in [1.29, 1.82) is 0 Å². The van der Waals surface area contributed by atoms with E-state index in [4.69, 9.17) is 10.5 Å². The van der Waals surface area contributed by atoms with Crippen molar-refractivity contribution in [2.24, 2.45) is 0 Å². The third-order valence-corrected chi connectivity index (χ3v) is 2.70. The number of rotatable bonds is 2. The third kappa shape index (κ3) is 2.07. The highest BCUT2D eigenvalue weighted by atomic mass is 16.5. The van der Waals surface area contributed by atoms with Gasteiger partial charge in [0.15, 0.2) is 5.82 Å². The molecule has 2 aromatic rings. The molecule has 94 valence electrons. The molecule has 0 amide bonds. The van der Waals surface area contributed by atoms with Gasteiger partial charge in [0.1, 0.15) is 11.4 Å². The van der Waals surface area contributed by atoms with Crippen molar-refractivity contribution in [3.8, 4) is 11.4 Å². The summed E-state index contributed by atoms with van der Waals surface area (Å²) in [6, 6.07) is 7.20. The smallest absolute Gasteiger partial charge is 0.224 e. The van der Waals surface area contributed by atoms with Gasteiger partial charge in [-0.15, -0.1) is 5.10 Å². The van der Waals surface area contributed by atoms with Crippen LogP contribution in [0.5, 0.6) is 5.75 Å². The molecule has 0 radical (unpaired) electrons. The zero-order chi connectivity index (χ0) is 13.3. The fraction of sp³-hybridized carbons (Fsp3) is 0.231. The molecule has 5 heteroatoms. The Balaban J connectivity index is 2.72. The van der Waals surface area contributed by atoms with Gasteiger partial charge in [-0.3, -0.25) is 4.79 Å². The molecule has 0 fully saturated rings. The second-order valence-electron chi connectivity index (χ2n) is 4.12. The van der Waals surface area contributed by atoms with E-state index in [0.717, 1.165) is 11.3 Å². The molecule has 0 saturated carbocycles. The van der Waals surface area contributed by atoms with Gasteiger partial charge in [-0.25, -0.2) is 4.68 Å². The molecule has 2 N–H and O–H groups in total. The molecule has 1 aromatic heterocycles. The number of aromatic nitrogens is 2. The summed E-state index contributed by atoms with van der Waals surface area (Å²) in [6.07, 6.45) is 0. The number of nitrogens with zero attached hydrogens (tertiary/aromatic N) is 2. The minimum Gasteiger partial charge on any atom is -0.494 e. The molecule has 0 spiro atoms. The lowest BCUT2D eigenvalue weighted by Gasteiger charge is -2.14. The van der Waals surface area contributed by atoms with E-state index in [-0.39, 0.29) is 11.2 Å². The number of methoxy groups -OCH3 is 1. The Hall–Kier alpha value is -2.30. The lowest BCUT2D eigenvalue weighted by Crippen LogP contribution is -2.18. The van der Waals surface area contributed by atoms with Gasteiger partial charge in [0.25, 0.3) is 0 Å². The molecule has 0 atom stereocenters. The van der Waals surface area contributed by atoms with Crippen molar-refractivity contribution in [2.45, 2.75) is 13.8 Å². The first-order valence-electron chi connectivity index (χ1n) is 5.54. The Kier molecular flexibility index (Phi) is 3.06. The molecule has 1 heterocycles. The maximum atomic E-state index is 11.4. The van der Waals surface area contributed by atoms with Crippen molar-refractivity contribution in [3.63, 3.8) is 0 Å². The highest BCUT2D eigenvalue weighted by Crippen LogP contribution is 2.24. The Morgan fingerprint density at radius 2 is 2.00 bits per heavy atom. The Labute approximate surface area is 105 Å². The molecular weight excluding hydrogens is 230 g/mol. The zero-order valence-electron chi connectivity index (χ0n) is 10.6. The van der Waals surface area contributed by atoms with Crippen molar-refractivity contribution in [2.75, 3.05) is 12.8 Å². The molecule has 0 aliphatic rings. The first-order valence-corrected chi connectivity index (χ1v) is 5.54. The van der Waals surface area contributed by atoms with E-state index >= 15 is 0 Å². The molecule has 2 rings (SSSR count). The van der Waals surface area contributed by atoms with Crippen LogP contribution < -0.4 is 15.9 Å². The average Bonchev–Trinajstić information content (AvgIpc) is 2.34. The van der Waals surface area contributed by atoms with Gasteiger partial charge in [-0.1, -0.05) is 6.07 Å². The number of anilines is 1. The summed E-state index contributed by atoms with van der Waals surface area (Å²) in [4.78, 5) is 11.4. The second kappa shape index (κ2) is 4.52. The topological polar surface area (TPSA) is 70.1 Å². The van der Waals surface area contributed by atoms with E-state index in [0.29, 0.717) is 11.4 Å². The van der Waals surface area contributed by atoms with Crippen LogP contribution in [0.3, 0.4) is 0 Å². The number of hydrogen-bond acceptors (Lipinski definition) is 4. The van der Waals surface area contributed by atoms with Crippen LogP contribution in [0.1, 0.15) is 11.3 Å². The molecule has 0 unspecified atom stereocenters. The standard InChI is InChI=1S/C13H15N3O2/c1-8-4-5-12(18-3)10(6-8)16-9(2)7-11(17)13(14)15-16/h4-7H,1-3H3,(H2,14,15). The number of benzene rings is 1. The van der Waals surface area contributed by atoms with E-state index in [1.165, 1.54) is 6.07 Å². The van der Waals surface area contributed by atoms with Gasteiger partial charge in [0.2, 0.25) is 5.43 Å². The summed E-state index contributed by atoms with van der Waals surface area (Å²) in [6.45, 7) is 3.78. The van der Waals surface area contributed by atoms with Crippen LogP contribution in [-0.4, -0.2) is 16.9 Å². The van der Waals surface area contributed by atoms with Gasteiger partial charge in [0.05, 0.1) is 7.11 Å². The molecule has 0 aliphatic heterocycles. The summed E-state index contributed by atoms with van der Waals surface area (Å²) in [7, 11) is 1.59. The van der Waals surface area contributed by atoms with Crippen LogP contribution in [0.25, 0.3) is 5.69 Å². The number of aryl methyl sites for hydroxylation is 2. The van der Waals surface area contributed by atoms with Crippen LogP contribution in [0.4, 0.5) is 5.82 Å². The Morgan fingerprint density at radius 1 is 1.28 bits per heavy atom. The van der Waals surface area contributed by atoms with Gasteiger partial charge < -0.3 is 10.5 Å². The quantitative estimate of drug-likeness (QED) is 0.869. The number of ether oxygens (including phenoxy) is 1. The van der Waals surface area contributed by atoms with E-state index < -0.39 is 0 Å². The van der Waals surface area contributed by atoms with E-state index in [9.17, 15) is 4.79 Å². The molecule has 0 saturated heterocycles. The minimum absolute atomic E-state index is 0.0239. The molecule has 1 aromatic carbocycles. The maximum Gasteiger partial charge on any atom is 0.224 e. The SMILES string of the molecule is COc1ccc(C)cc1-n1nc(N)c(=O)cc1C. The highest BCUT2D eigenvalue weighted by Gasteiger charge is 2.10. The lowest BCUT2D eigenvalue weighted by molar-refractivity contribution is 0.411. The normalized spacial score (nSPS) is 10.4. The second-order valence-corrected chi connectivity index (χ2v) is 4.12. The van der Waals surface area contributed by atoms with Gasteiger partial charge in [-0.05, 0) is 31.5 Å². The van der Waals surface area contributed by atoms with Crippen molar-refractivity contribution in [1.82, 2.24) is 9.78 Å². The molecule has 18 heavy (non-hydrogen) atoms. The van der Waals surface area contributed by atoms with Crippen molar-refractivity contribution >= 4 is 5.82 Å². The molecule has 0 aliphatic carbocycles.